The van der Waals surface area contributed by atoms with Gasteiger partial charge < -0.3 is 19.9 Å². The topological polar surface area (TPSA) is 85.0 Å². The van der Waals surface area contributed by atoms with Gasteiger partial charge in [-0.15, -0.1) is 0 Å². The average Bonchev–Trinajstić information content (AvgIpc) is 3.42. The molecule has 0 aliphatic carbocycles. The van der Waals surface area contributed by atoms with Crippen LogP contribution in [0.15, 0.2) is 39.6 Å². The van der Waals surface area contributed by atoms with Gasteiger partial charge in [-0.2, -0.15) is 13.2 Å². The number of ether oxygens (including phenoxy) is 1. The van der Waals surface area contributed by atoms with Gasteiger partial charge in [-0.25, -0.2) is 9.79 Å². The first kappa shape index (κ1) is 23.2. The third-order valence-electron chi connectivity index (χ3n) is 6.29. The van der Waals surface area contributed by atoms with Crippen LogP contribution in [0.25, 0.3) is 10.9 Å². The fraction of sp³-hybridized carbons (Fsp3) is 0.455. The van der Waals surface area contributed by atoms with E-state index in [1.165, 1.54) is 16.0 Å². The van der Waals surface area contributed by atoms with E-state index < -0.39 is 24.1 Å². The zero-order chi connectivity index (χ0) is 24.0. The van der Waals surface area contributed by atoms with Crippen LogP contribution < -0.4 is 15.5 Å². The van der Waals surface area contributed by atoms with Crippen molar-refractivity contribution in [2.24, 2.45) is 4.99 Å². The molecule has 0 saturated carbocycles. The Morgan fingerprint density at radius 3 is 2.82 bits per heavy atom. The number of aromatic amines is 1. The molecule has 1 unspecified atom stereocenters. The predicted octanol–water partition coefficient (Wildman–Crippen LogP) is 3.69. The number of H-pyrrole nitrogens is 1. The maximum atomic E-state index is 14.0. The number of benzene rings is 1. The second-order valence-corrected chi connectivity index (χ2v) is 9.35. The van der Waals surface area contributed by atoms with E-state index in [1.807, 2.05) is 0 Å². The molecule has 0 radical (unpaired) electrons. The smallest absolute Gasteiger partial charge is 0.419 e. The van der Waals surface area contributed by atoms with Crippen molar-refractivity contribution in [3.05, 3.63) is 40.1 Å². The van der Waals surface area contributed by atoms with Crippen LogP contribution in [0.2, 0.25) is 0 Å². The highest BCUT2D eigenvalue weighted by atomic mass is 79.9. The Hall–Kier alpha value is -2.57. The van der Waals surface area contributed by atoms with Gasteiger partial charge in [0.1, 0.15) is 6.61 Å². The quantitative estimate of drug-likeness (QED) is 0.550. The van der Waals surface area contributed by atoms with Gasteiger partial charge >= 0.3 is 12.3 Å². The van der Waals surface area contributed by atoms with E-state index >= 15 is 0 Å². The van der Waals surface area contributed by atoms with Crippen LogP contribution in [-0.4, -0.2) is 73.5 Å². The number of aromatic nitrogens is 1. The van der Waals surface area contributed by atoms with Crippen molar-refractivity contribution >= 4 is 44.3 Å². The third-order valence-corrected chi connectivity index (χ3v) is 7.09. The van der Waals surface area contributed by atoms with Gasteiger partial charge in [-0.1, -0.05) is 0 Å². The van der Waals surface area contributed by atoms with Gasteiger partial charge in [-0.05, 0) is 47.4 Å². The Balaban J connectivity index is 1.55. The largest absolute Gasteiger partial charge is 0.447 e. The lowest BCUT2D eigenvalue weighted by atomic mass is 10.00. The van der Waals surface area contributed by atoms with Crippen molar-refractivity contribution in [3.63, 3.8) is 0 Å². The average molecular weight is 541 g/mol. The molecule has 3 N–H and O–H groups in total. The first-order chi connectivity index (χ1) is 16.2. The zero-order valence-electron chi connectivity index (χ0n) is 18.4. The van der Waals surface area contributed by atoms with E-state index in [1.54, 1.807) is 19.2 Å². The molecule has 0 spiro atoms. The first-order valence-electron chi connectivity index (χ1n) is 11.0. The summed E-state index contributed by atoms with van der Waals surface area (Å²) in [5.41, 5.74) is 0.579. The van der Waals surface area contributed by atoms with Gasteiger partial charge in [-0.3, -0.25) is 10.2 Å². The van der Waals surface area contributed by atoms with Crippen LogP contribution in [0.3, 0.4) is 0 Å². The Labute approximate surface area is 202 Å². The fourth-order valence-corrected chi connectivity index (χ4v) is 5.24. The molecule has 2 aromatic rings. The Morgan fingerprint density at radius 1 is 1.32 bits per heavy atom. The molecular weight excluding hydrogens is 517 g/mol. The summed E-state index contributed by atoms with van der Waals surface area (Å²) >= 11 is 3.51. The van der Waals surface area contributed by atoms with E-state index in [-0.39, 0.29) is 18.4 Å². The van der Waals surface area contributed by atoms with Crippen molar-refractivity contribution in [1.29, 1.82) is 0 Å². The number of hydrogen-bond acceptors (Lipinski definition) is 6. The number of amides is 1. The van der Waals surface area contributed by atoms with Crippen LogP contribution in [0.5, 0.6) is 0 Å². The molecule has 2 fully saturated rings. The monoisotopic (exact) mass is 540 g/mol. The number of hydrogen-bond donors (Lipinski definition) is 3. The Bertz CT molecular complexity index is 1170. The number of alkyl halides is 3. The summed E-state index contributed by atoms with van der Waals surface area (Å²) in [4.78, 5) is 22.5. The van der Waals surface area contributed by atoms with Crippen LogP contribution in [0.1, 0.15) is 18.4 Å². The minimum atomic E-state index is -4.58. The van der Waals surface area contributed by atoms with Gasteiger partial charge in [0.15, 0.2) is 6.29 Å². The van der Waals surface area contributed by atoms with Crippen molar-refractivity contribution in [2.45, 2.75) is 31.3 Å². The summed E-state index contributed by atoms with van der Waals surface area (Å²) in [5, 5.41) is 7.24. The number of carbonyl (C=O) groups excluding carboxylic acids is 1. The zero-order valence-corrected chi connectivity index (χ0v) is 20.0. The van der Waals surface area contributed by atoms with E-state index in [0.29, 0.717) is 33.2 Å². The SMILES string of the molecule is CN1C=C(C(F)(F)F)C(c2c[nH]c3c(Br)c(N4CCOC4=O)ccc23)=NC1N[C@H]1CCCNC1. The summed E-state index contributed by atoms with van der Waals surface area (Å²) in [6.45, 7) is 2.37. The van der Waals surface area contributed by atoms with Crippen molar-refractivity contribution in [3.8, 4) is 0 Å². The van der Waals surface area contributed by atoms with Gasteiger partial charge in [0.2, 0.25) is 0 Å². The maximum absolute atomic E-state index is 14.0. The molecule has 34 heavy (non-hydrogen) atoms. The summed E-state index contributed by atoms with van der Waals surface area (Å²) < 4.78 is 47.7. The summed E-state index contributed by atoms with van der Waals surface area (Å²) in [6.07, 6.45) is -1.09. The van der Waals surface area contributed by atoms with Crippen molar-refractivity contribution in [1.82, 2.24) is 20.5 Å². The van der Waals surface area contributed by atoms with Crippen LogP contribution in [-0.2, 0) is 4.74 Å². The van der Waals surface area contributed by atoms with E-state index in [2.05, 4.69) is 36.5 Å². The van der Waals surface area contributed by atoms with Gasteiger partial charge in [0.05, 0.1) is 33.5 Å². The summed E-state index contributed by atoms with van der Waals surface area (Å²) in [7, 11) is 1.59. The summed E-state index contributed by atoms with van der Waals surface area (Å²) in [5.74, 6) is 0. The number of halogens is 4. The fourth-order valence-electron chi connectivity index (χ4n) is 4.57. The number of piperidine rings is 1. The number of aliphatic imine (C=N–C) groups is 1. The molecule has 1 aromatic carbocycles. The predicted molar refractivity (Wildman–Crippen MR) is 126 cm³/mol. The molecule has 2 atom stereocenters. The molecule has 8 nitrogen and oxygen atoms in total. The minimum absolute atomic E-state index is 0.118. The lowest BCUT2D eigenvalue weighted by molar-refractivity contribution is -0.0877. The minimum Gasteiger partial charge on any atom is -0.447 e. The molecule has 1 amide bonds. The molecular formula is C22H24BrF3N6O2. The molecule has 0 bridgehead atoms. The number of cyclic esters (lactones) is 1. The molecule has 3 aliphatic rings. The highest BCUT2D eigenvalue weighted by Gasteiger charge is 2.41. The molecule has 3 aliphatic heterocycles. The number of rotatable bonds is 4. The molecule has 5 rings (SSSR count). The normalized spacial score (nSPS) is 23.9. The highest BCUT2D eigenvalue weighted by Crippen LogP contribution is 2.39. The number of allylic oxidation sites excluding steroid dienone is 1. The van der Waals surface area contributed by atoms with Crippen molar-refractivity contribution in [2.75, 3.05) is 38.2 Å². The van der Waals surface area contributed by atoms with Crippen LogP contribution in [0.4, 0.5) is 23.7 Å². The number of carbonyl (C=O) groups is 1. The molecule has 1 aromatic heterocycles. The van der Waals surface area contributed by atoms with Crippen molar-refractivity contribution < 1.29 is 22.7 Å². The Morgan fingerprint density at radius 2 is 2.15 bits per heavy atom. The summed E-state index contributed by atoms with van der Waals surface area (Å²) in [6, 6.07) is 3.52. The number of anilines is 1. The first-order valence-corrected chi connectivity index (χ1v) is 11.8. The maximum Gasteiger partial charge on any atom is 0.419 e. The number of fused-ring (bicyclic) bond motifs is 1. The van der Waals surface area contributed by atoms with Gasteiger partial charge in [0.25, 0.3) is 0 Å². The van der Waals surface area contributed by atoms with Crippen LogP contribution >= 0.6 is 15.9 Å². The molecule has 182 valence electrons. The lowest BCUT2D eigenvalue weighted by Gasteiger charge is -2.35. The van der Waals surface area contributed by atoms with E-state index in [4.69, 9.17) is 4.74 Å². The van der Waals surface area contributed by atoms with Crippen LogP contribution in [0, 0.1) is 0 Å². The number of nitrogens with zero attached hydrogens (tertiary/aromatic N) is 3. The second-order valence-electron chi connectivity index (χ2n) is 8.56. The molecule has 4 heterocycles. The lowest BCUT2D eigenvalue weighted by Crippen LogP contribution is -2.52. The number of nitrogens with one attached hydrogen (secondary N) is 3. The molecule has 12 heteroatoms. The third kappa shape index (κ3) is 4.18. The van der Waals surface area contributed by atoms with E-state index in [0.717, 1.165) is 32.1 Å². The van der Waals surface area contributed by atoms with E-state index in [9.17, 15) is 18.0 Å². The highest BCUT2D eigenvalue weighted by molar-refractivity contribution is 9.10. The molecule has 2 saturated heterocycles. The Kier molecular flexibility index (Phi) is 6.07. The standard InChI is InChI=1S/C22H24BrF3N6O2/c1-31-11-15(22(24,25)26)18(30-20(31)29-12-3-2-6-27-9-12)14-10-28-19-13(14)4-5-16(17(19)23)32-7-8-34-21(32)33/h4-5,10-12,20,27-29H,2-3,6-9H2,1H3/t12-,20?/m0/s1. The van der Waals surface area contributed by atoms with Gasteiger partial charge in [0, 0.05) is 43.0 Å². The second kappa shape index (κ2) is 8.90.